The number of rotatable bonds is 2. The lowest BCUT2D eigenvalue weighted by atomic mass is 10.3. The summed E-state index contributed by atoms with van der Waals surface area (Å²) in [5.41, 5.74) is -0.637. The lowest BCUT2D eigenvalue weighted by molar-refractivity contribution is -0.140. The third-order valence-corrected chi connectivity index (χ3v) is 3.94. The van der Waals surface area contributed by atoms with Crippen LogP contribution in [-0.4, -0.2) is 20.9 Å². The van der Waals surface area contributed by atoms with Crippen LogP contribution < -0.4 is 0 Å². The number of fused-ring (bicyclic) bond motifs is 1. The average Bonchev–Trinajstić information content (AvgIpc) is 2.96. The van der Waals surface area contributed by atoms with E-state index in [4.69, 9.17) is 5.11 Å². The Kier molecular flexibility index (Phi) is 2.98. The van der Waals surface area contributed by atoms with E-state index in [0.29, 0.717) is 5.69 Å². The smallest absolute Gasteiger partial charge is 0.435 e. The third kappa shape index (κ3) is 2.27. The van der Waals surface area contributed by atoms with E-state index in [0.717, 1.165) is 22.1 Å². The Labute approximate surface area is 120 Å². The quantitative estimate of drug-likeness (QED) is 0.783. The zero-order valence-electron chi connectivity index (χ0n) is 10.3. The largest absolute Gasteiger partial charge is 0.477 e. The number of alkyl halides is 3. The maximum Gasteiger partial charge on any atom is 0.435 e. The average molecular weight is 312 g/mol. The number of carboxylic acid groups (broad SMARTS) is 1. The molecule has 0 bridgehead atoms. The normalized spacial score (nSPS) is 12.0. The molecular weight excluding hydrogens is 305 g/mol. The second-order valence-corrected chi connectivity index (χ2v) is 5.26. The van der Waals surface area contributed by atoms with Gasteiger partial charge in [-0.15, -0.1) is 11.3 Å². The van der Waals surface area contributed by atoms with Crippen molar-refractivity contribution in [2.45, 2.75) is 6.18 Å². The van der Waals surface area contributed by atoms with Gasteiger partial charge < -0.3 is 5.11 Å². The van der Waals surface area contributed by atoms with Gasteiger partial charge in [-0.2, -0.15) is 18.3 Å². The first-order valence-electron chi connectivity index (χ1n) is 5.76. The molecule has 0 spiro atoms. The van der Waals surface area contributed by atoms with Crippen LogP contribution in [0.5, 0.6) is 0 Å². The van der Waals surface area contributed by atoms with Crippen molar-refractivity contribution in [1.82, 2.24) is 9.78 Å². The molecule has 0 aliphatic heterocycles. The summed E-state index contributed by atoms with van der Waals surface area (Å²) in [6, 6.07) is 9.28. The lowest BCUT2D eigenvalue weighted by Gasteiger charge is -2.03. The lowest BCUT2D eigenvalue weighted by Crippen LogP contribution is -2.08. The Morgan fingerprint density at radius 3 is 2.48 bits per heavy atom. The summed E-state index contributed by atoms with van der Waals surface area (Å²) in [5.74, 6) is -1.26. The Hall–Kier alpha value is -2.35. The maximum atomic E-state index is 13.0. The molecule has 1 aromatic carbocycles. The van der Waals surface area contributed by atoms with Gasteiger partial charge in [0.05, 0.1) is 5.69 Å². The van der Waals surface area contributed by atoms with E-state index in [1.807, 2.05) is 0 Å². The van der Waals surface area contributed by atoms with Gasteiger partial charge in [0.2, 0.25) is 0 Å². The minimum atomic E-state index is -4.64. The SMILES string of the molecule is O=C(O)c1cc2c(C(F)(F)F)nn(-c3ccccc3)c2s1. The van der Waals surface area contributed by atoms with Crippen molar-refractivity contribution in [2.75, 3.05) is 0 Å². The number of thiophene rings is 1. The van der Waals surface area contributed by atoms with Crippen LogP contribution >= 0.6 is 11.3 Å². The van der Waals surface area contributed by atoms with Gasteiger partial charge in [0.25, 0.3) is 0 Å². The molecule has 108 valence electrons. The first kappa shape index (κ1) is 13.6. The highest BCUT2D eigenvalue weighted by Gasteiger charge is 2.38. The Morgan fingerprint density at radius 1 is 1.24 bits per heavy atom. The van der Waals surface area contributed by atoms with E-state index in [2.05, 4.69) is 5.10 Å². The van der Waals surface area contributed by atoms with Gasteiger partial charge >= 0.3 is 12.1 Å². The number of benzene rings is 1. The standard InChI is InChI=1S/C13H7F3N2O2S/c14-13(15,16)10-8-6-9(12(19)20)21-11(8)18(17-10)7-4-2-1-3-5-7/h1-6H,(H,19,20). The van der Waals surface area contributed by atoms with Gasteiger partial charge in [-0.05, 0) is 18.2 Å². The van der Waals surface area contributed by atoms with Crippen LogP contribution in [0.2, 0.25) is 0 Å². The molecule has 0 atom stereocenters. The zero-order valence-corrected chi connectivity index (χ0v) is 11.1. The predicted octanol–water partition coefficient (Wildman–Crippen LogP) is 3.80. The Balaban J connectivity index is 2.32. The summed E-state index contributed by atoms with van der Waals surface area (Å²) in [6.45, 7) is 0. The second kappa shape index (κ2) is 4.59. The number of hydrogen-bond donors (Lipinski definition) is 1. The van der Waals surface area contributed by atoms with E-state index in [1.165, 1.54) is 0 Å². The van der Waals surface area contributed by atoms with Crippen LogP contribution in [0.15, 0.2) is 36.4 Å². The molecule has 2 heterocycles. The van der Waals surface area contributed by atoms with Gasteiger partial charge in [-0.1, -0.05) is 18.2 Å². The molecule has 0 aliphatic rings. The highest BCUT2D eigenvalue weighted by molar-refractivity contribution is 7.20. The third-order valence-electron chi connectivity index (χ3n) is 2.84. The summed E-state index contributed by atoms with van der Waals surface area (Å²) in [4.78, 5) is 11.0. The van der Waals surface area contributed by atoms with Gasteiger partial charge in [-0.3, -0.25) is 0 Å². The molecule has 0 aliphatic carbocycles. The number of nitrogens with zero attached hydrogens (tertiary/aromatic N) is 2. The second-order valence-electron chi connectivity index (χ2n) is 4.23. The van der Waals surface area contributed by atoms with Crippen molar-refractivity contribution in [3.63, 3.8) is 0 Å². The summed E-state index contributed by atoms with van der Waals surface area (Å²) < 4.78 is 40.2. The van der Waals surface area contributed by atoms with E-state index in [9.17, 15) is 18.0 Å². The monoisotopic (exact) mass is 312 g/mol. The molecule has 21 heavy (non-hydrogen) atoms. The minimum absolute atomic E-state index is 0.155. The van der Waals surface area contributed by atoms with Crippen molar-refractivity contribution in [1.29, 1.82) is 0 Å². The van der Waals surface area contributed by atoms with Crippen molar-refractivity contribution >= 4 is 27.5 Å². The fourth-order valence-corrected chi connectivity index (χ4v) is 2.94. The molecule has 8 heteroatoms. The first-order chi connectivity index (χ1) is 9.88. The fourth-order valence-electron chi connectivity index (χ4n) is 1.97. The summed E-state index contributed by atoms with van der Waals surface area (Å²) in [7, 11) is 0. The van der Waals surface area contributed by atoms with Gasteiger partial charge in [-0.25, -0.2) is 9.48 Å². The summed E-state index contributed by atoms with van der Waals surface area (Å²) in [6.07, 6.45) is -4.64. The number of para-hydroxylation sites is 1. The molecule has 2 aromatic heterocycles. The van der Waals surface area contributed by atoms with Crippen LogP contribution in [0.25, 0.3) is 15.9 Å². The maximum absolute atomic E-state index is 13.0. The molecular formula is C13H7F3N2O2S. The number of aromatic nitrogens is 2. The molecule has 0 amide bonds. The molecule has 4 nitrogen and oxygen atoms in total. The molecule has 3 aromatic rings. The van der Waals surface area contributed by atoms with Crippen LogP contribution in [0, 0.1) is 0 Å². The number of carbonyl (C=O) groups is 1. The molecule has 0 unspecified atom stereocenters. The van der Waals surface area contributed by atoms with Crippen molar-refractivity contribution in [3.8, 4) is 5.69 Å². The van der Waals surface area contributed by atoms with E-state index >= 15 is 0 Å². The van der Waals surface area contributed by atoms with Gasteiger partial charge in [0.15, 0.2) is 5.69 Å². The van der Waals surface area contributed by atoms with Crippen molar-refractivity contribution in [3.05, 3.63) is 47.0 Å². The minimum Gasteiger partial charge on any atom is -0.477 e. The van der Waals surface area contributed by atoms with E-state index in [1.54, 1.807) is 30.3 Å². The van der Waals surface area contributed by atoms with Crippen LogP contribution in [0.1, 0.15) is 15.4 Å². The summed E-state index contributed by atoms with van der Waals surface area (Å²) in [5, 5.41) is 12.4. The van der Waals surface area contributed by atoms with Gasteiger partial charge in [0.1, 0.15) is 9.71 Å². The van der Waals surface area contributed by atoms with Crippen LogP contribution in [-0.2, 0) is 6.18 Å². The highest BCUT2D eigenvalue weighted by Crippen LogP contribution is 2.38. The van der Waals surface area contributed by atoms with E-state index < -0.39 is 17.8 Å². The van der Waals surface area contributed by atoms with Crippen LogP contribution in [0.3, 0.4) is 0 Å². The zero-order chi connectivity index (χ0) is 15.2. The molecule has 1 N–H and O–H groups in total. The molecule has 0 fully saturated rings. The molecule has 0 radical (unpaired) electrons. The van der Waals surface area contributed by atoms with Crippen LogP contribution in [0.4, 0.5) is 13.2 Å². The topological polar surface area (TPSA) is 55.1 Å². The highest BCUT2D eigenvalue weighted by atomic mass is 32.1. The summed E-state index contributed by atoms with van der Waals surface area (Å²) >= 11 is 0.765. The Morgan fingerprint density at radius 2 is 1.90 bits per heavy atom. The number of aromatic carboxylic acids is 1. The van der Waals surface area contributed by atoms with E-state index in [-0.39, 0.29) is 15.1 Å². The number of carboxylic acids is 1. The van der Waals surface area contributed by atoms with Gasteiger partial charge in [0, 0.05) is 5.39 Å². The molecule has 0 saturated carbocycles. The van der Waals surface area contributed by atoms with Crippen molar-refractivity contribution in [2.24, 2.45) is 0 Å². The van der Waals surface area contributed by atoms with Crippen molar-refractivity contribution < 1.29 is 23.1 Å². The number of hydrogen-bond acceptors (Lipinski definition) is 3. The Bertz CT molecular complexity index is 821. The molecule has 0 saturated heterocycles. The fraction of sp³-hybridized carbons (Fsp3) is 0.0769. The number of halogens is 3. The first-order valence-corrected chi connectivity index (χ1v) is 6.58. The molecule has 3 rings (SSSR count). The predicted molar refractivity (Wildman–Crippen MR) is 70.9 cm³/mol.